The number of halogens is 1. The lowest BCUT2D eigenvalue weighted by molar-refractivity contribution is 0.400. The molecule has 0 atom stereocenters. The van der Waals surface area contributed by atoms with Crippen LogP contribution in [0.15, 0.2) is 29.2 Å². The van der Waals surface area contributed by atoms with E-state index >= 15 is 0 Å². The van der Waals surface area contributed by atoms with E-state index in [4.69, 9.17) is 4.74 Å². The van der Waals surface area contributed by atoms with Crippen molar-refractivity contribution >= 4 is 22.4 Å². The summed E-state index contributed by atoms with van der Waals surface area (Å²) in [5.74, 6) is 0.362. The van der Waals surface area contributed by atoms with E-state index in [9.17, 15) is 8.42 Å². The molecule has 86 valence electrons. The lowest BCUT2D eigenvalue weighted by Gasteiger charge is -2.13. The van der Waals surface area contributed by atoms with E-state index in [1.807, 2.05) is 0 Å². The summed E-state index contributed by atoms with van der Waals surface area (Å²) >= 11 is 0. The molecule has 15 heavy (non-hydrogen) atoms. The first-order valence-corrected chi connectivity index (χ1v) is 5.49. The van der Waals surface area contributed by atoms with Gasteiger partial charge in [0.2, 0.25) is 10.0 Å². The molecule has 0 radical (unpaired) electrons. The van der Waals surface area contributed by atoms with Gasteiger partial charge in [-0.2, -0.15) is 0 Å². The first kappa shape index (κ1) is 14.2. The van der Waals surface area contributed by atoms with Gasteiger partial charge in [-0.15, -0.1) is 12.4 Å². The summed E-state index contributed by atoms with van der Waals surface area (Å²) in [5.41, 5.74) is 0. The summed E-state index contributed by atoms with van der Waals surface area (Å²) in [4.78, 5) is 0.188. The highest BCUT2D eigenvalue weighted by Gasteiger charge is 2.20. The van der Waals surface area contributed by atoms with E-state index in [0.717, 1.165) is 4.31 Å². The summed E-state index contributed by atoms with van der Waals surface area (Å²) in [6.07, 6.45) is 0. The molecular formula is C9H14ClNO3S. The van der Waals surface area contributed by atoms with Gasteiger partial charge in [0.15, 0.2) is 0 Å². The number of hydrogen-bond acceptors (Lipinski definition) is 3. The highest BCUT2D eigenvalue weighted by atomic mass is 35.5. The summed E-state index contributed by atoms with van der Waals surface area (Å²) in [7, 11) is 1.01. The van der Waals surface area contributed by atoms with Gasteiger partial charge in [0.05, 0.1) is 7.11 Å². The number of methoxy groups -OCH3 is 1. The highest BCUT2D eigenvalue weighted by Crippen LogP contribution is 2.24. The Morgan fingerprint density at radius 3 is 2.20 bits per heavy atom. The van der Waals surface area contributed by atoms with Crippen molar-refractivity contribution in [2.75, 3.05) is 21.2 Å². The van der Waals surface area contributed by atoms with Gasteiger partial charge in [-0.25, -0.2) is 12.7 Å². The molecule has 0 saturated heterocycles. The van der Waals surface area contributed by atoms with Gasteiger partial charge in [-0.05, 0) is 12.1 Å². The van der Waals surface area contributed by atoms with Crippen LogP contribution in [0.5, 0.6) is 5.75 Å². The Bertz CT molecular complexity index is 417. The zero-order valence-corrected chi connectivity index (χ0v) is 10.4. The van der Waals surface area contributed by atoms with Gasteiger partial charge in [-0.1, -0.05) is 12.1 Å². The third-order valence-electron chi connectivity index (χ3n) is 1.83. The van der Waals surface area contributed by atoms with Crippen LogP contribution in [0.2, 0.25) is 0 Å². The molecule has 0 amide bonds. The molecule has 0 heterocycles. The van der Waals surface area contributed by atoms with Crippen LogP contribution in [0.4, 0.5) is 0 Å². The standard InChI is InChI=1S/C9H13NO3S.ClH/c1-10(2)14(11,12)9-7-5-4-6-8(9)13-3;/h4-7H,1-3H3;1H. The van der Waals surface area contributed by atoms with Gasteiger partial charge >= 0.3 is 0 Å². The van der Waals surface area contributed by atoms with Crippen molar-refractivity contribution < 1.29 is 13.2 Å². The molecule has 0 fully saturated rings. The van der Waals surface area contributed by atoms with Gasteiger partial charge in [0, 0.05) is 14.1 Å². The van der Waals surface area contributed by atoms with Gasteiger partial charge in [0.25, 0.3) is 0 Å². The van der Waals surface area contributed by atoms with Gasteiger partial charge < -0.3 is 4.74 Å². The molecule has 0 spiro atoms. The molecule has 4 nitrogen and oxygen atoms in total. The molecule has 0 aliphatic heterocycles. The minimum absolute atomic E-state index is 0. The van der Waals surface area contributed by atoms with E-state index in [1.165, 1.54) is 27.3 Å². The van der Waals surface area contributed by atoms with Crippen LogP contribution in [0.3, 0.4) is 0 Å². The molecule has 1 aromatic carbocycles. The molecule has 0 saturated carbocycles. The topological polar surface area (TPSA) is 46.6 Å². The van der Waals surface area contributed by atoms with Crippen LogP contribution in [0.1, 0.15) is 0 Å². The number of nitrogens with zero attached hydrogens (tertiary/aromatic N) is 1. The SMILES string of the molecule is COc1ccccc1S(=O)(=O)N(C)C.Cl. The maximum Gasteiger partial charge on any atom is 0.246 e. The minimum atomic E-state index is -3.41. The fourth-order valence-corrected chi connectivity index (χ4v) is 2.08. The maximum absolute atomic E-state index is 11.8. The number of rotatable bonds is 3. The molecule has 0 unspecified atom stereocenters. The minimum Gasteiger partial charge on any atom is -0.495 e. The summed E-state index contributed by atoms with van der Waals surface area (Å²) in [6.45, 7) is 0. The van der Waals surface area contributed by atoms with Crippen molar-refractivity contribution in [1.29, 1.82) is 0 Å². The van der Waals surface area contributed by atoms with Crippen molar-refractivity contribution in [3.63, 3.8) is 0 Å². The van der Waals surface area contributed by atoms with Crippen LogP contribution >= 0.6 is 12.4 Å². The smallest absolute Gasteiger partial charge is 0.246 e. The third kappa shape index (κ3) is 2.84. The number of benzene rings is 1. The third-order valence-corrected chi connectivity index (χ3v) is 3.68. The van der Waals surface area contributed by atoms with Gasteiger partial charge in [-0.3, -0.25) is 0 Å². The molecular weight excluding hydrogens is 238 g/mol. The molecule has 0 aliphatic carbocycles. The molecule has 0 aromatic heterocycles. The number of para-hydroxylation sites is 1. The molecule has 1 aromatic rings. The normalized spacial score (nSPS) is 10.9. The molecule has 1 rings (SSSR count). The van der Waals surface area contributed by atoms with E-state index in [-0.39, 0.29) is 17.3 Å². The maximum atomic E-state index is 11.8. The second-order valence-corrected chi connectivity index (χ2v) is 5.06. The predicted octanol–water partition coefficient (Wildman–Crippen LogP) is 1.37. The summed E-state index contributed by atoms with van der Waals surface area (Å²) in [5, 5.41) is 0. The van der Waals surface area contributed by atoms with Crippen LogP contribution in [0.25, 0.3) is 0 Å². The Kier molecular flexibility index (Phi) is 5.07. The first-order valence-electron chi connectivity index (χ1n) is 4.05. The summed E-state index contributed by atoms with van der Waals surface area (Å²) < 4.78 is 29.6. The Hall–Kier alpha value is -0.780. The number of ether oxygens (including phenoxy) is 1. The monoisotopic (exact) mass is 251 g/mol. The second kappa shape index (κ2) is 5.34. The average Bonchev–Trinajstić information content (AvgIpc) is 2.17. The quantitative estimate of drug-likeness (QED) is 0.815. The molecule has 0 aliphatic rings. The average molecular weight is 252 g/mol. The molecule has 0 N–H and O–H groups in total. The Morgan fingerprint density at radius 1 is 1.20 bits per heavy atom. The highest BCUT2D eigenvalue weighted by molar-refractivity contribution is 7.89. The fourth-order valence-electron chi connectivity index (χ4n) is 1.03. The zero-order valence-electron chi connectivity index (χ0n) is 8.80. The van der Waals surface area contributed by atoms with Crippen LogP contribution < -0.4 is 4.74 Å². The van der Waals surface area contributed by atoms with Crippen molar-refractivity contribution in [2.24, 2.45) is 0 Å². The second-order valence-electron chi connectivity index (χ2n) is 2.94. The van der Waals surface area contributed by atoms with E-state index in [0.29, 0.717) is 5.75 Å². The van der Waals surface area contributed by atoms with Crippen LogP contribution in [0, 0.1) is 0 Å². The van der Waals surface area contributed by atoms with Crippen molar-refractivity contribution in [3.05, 3.63) is 24.3 Å². The van der Waals surface area contributed by atoms with E-state index < -0.39 is 10.0 Å². The lowest BCUT2D eigenvalue weighted by atomic mass is 10.3. The Balaban J connectivity index is 0.00000196. The van der Waals surface area contributed by atoms with Crippen molar-refractivity contribution in [1.82, 2.24) is 4.31 Å². The van der Waals surface area contributed by atoms with E-state index in [1.54, 1.807) is 18.2 Å². The lowest BCUT2D eigenvalue weighted by Crippen LogP contribution is -2.22. The first-order chi connectivity index (χ1) is 6.50. The Morgan fingerprint density at radius 2 is 1.73 bits per heavy atom. The number of hydrogen-bond donors (Lipinski definition) is 0. The van der Waals surface area contributed by atoms with Crippen molar-refractivity contribution in [3.8, 4) is 5.75 Å². The Labute approximate surface area is 96.3 Å². The predicted molar refractivity (Wildman–Crippen MR) is 61.1 cm³/mol. The number of sulfonamides is 1. The largest absolute Gasteiger partial charge is 0.495 e. The zero-order chi connectivity index (χ0) is 10.8. The fraction of sp³-hybridized carbons (Fsp3) is 0.333. The van der Waals surface area contributed by atoms with Crippen LogP contribution in [-0.2, 0) is 10.0 Å². The van der Waals surface area contributed by atoms with Crippen molar-refractivity contribution in [2.45, 2.75) is 4.90 Å². The van der Waals surface area contributed by atoms with E-state index in [2.05, 4.69) is 0 Å². The molecule has 6 heteroatoms. The van der Waals surface area contributed by atoms with Gasteiger partial charge in [0.1, 0.15) is 10.6 Å². The van der Waals surface area contributed by atoms with Crippen LogP contribution in [-0.4, -0.2) is 33.9 Å². The molecule has 0 bridgehead atoms. The summed E-state index contributed by atoms with van der Waals surface area (Å²) in [6, 6.07) is 6.54.